The maximum Gasteiger partial charge on any atom is 0.237 e. The maximum atomic E-state index is 11.7. The highest BCUT2D eigenvalue weighted by Gasteiger charge is 2.41. The second kappa shape index (κ2) is 5.30. The fraction of sp³-hybridized carbons (Fsp3) is 0.462. The first kappa shape index (κ1) is 14.0. The molecular formula is C13H18N2O3S. The Hall–Kier alpha value is -1.40. The van der Waals surface area contributed by atoms with E-state index >= 15 is 0 Å². The van der Waals surface area contributed by atoms with E-state index < -0.39 is 21.3 Å². The molecule has 1 aliphatic rings. The van der Waals surface area contributed by atoms with Crippen molar-refractivity contribution in [3.05, 3.63) is 35.9 Å². The van der Waals surface area contributed by atoms with Gasteiger partial charge in [-0.15, -0.1) is 0 Å². The van der Waals surface area contributed by atoms with Gasteiger partial charge < -0.3 is 5.73 Å². The summed E-state index contributed by atoms with van der Waals surface area (Å²) in [5.74, 6) is -0.450. The summed E-state index contributed by atoms with van der Waals surface area (Å²) >= 11 is 0. The molecule has 1 heterocycles. The minimum Gasteiger partial charge on any atom is -0.368 e. The first-order chi connectivity index (χ1) is 8.94. The average molecular weight is 282 g/mol. The molecule has 5 nitrogen and oxygen atoms in total. The van der Waals surface area contributed by atoms with Gasteiger partial charge >= 0.3 is 0 Å². The lowest BCUT2D eigenvalue weighted by Crippen LogP contribution is -2.58. The molecule has 0 atom stereocenters. The molecule has 1 saturated heterocycles. The van der Waals surface area contributed by atoms with Gasteiger partial charge in [0.2, 0.25) is 5.91 Å². The number of nitrogens with one attached hydrogen (secondary N) is 1. The Kier molecular flexibility index (Phi) is 3.91. The number of hydrogen-bond donors (Lipinski definition) is 2. The molecule has 1 aliphatic heterocycles. The van der Waals surface area contributed by atoms with E-state index in [2.05, 4.69) is 5.32 Å². The highest BCUT2D eigenvalue weighted by molar-refractivity contribution is 7.91. The Balaban J connectivity index is 2.07. The van der Waals surface area contributed by atoms with Crippen LogP contribution in [0.4, 0.5) is 0 Å². The van der Waals surface area contributed by atoms with Gasteiger partial charge in [0.1, 0.15) is 9.84 Å². The van der Waals surface area contributed by atoms with Gasteiger partial charge in [-0.1, -0.05) is 30.3 Å². The second-order valence-electron chi connectivity index (χ2n) is 4.94. The summed E-state index contributed by atoms with van der Waals surface area (Å²) in [5.41, 5.74) is 5.60. The maximum absolute atomic E-state index is 11.7. The lowest BCUT2D eigenvalue weighted by molar-refractivity contribution is -0.124. The molecule has 0 aromatic heterocycles. The van der Waals surface area contributed by atoms with Gasteiger partial charge in [-0.25, -0.2) is 8.42 Å². The van der Waals surface area contributed by atoms with Crippen LogP contribution < -0.4 is 11.1 Å². The van der Waals surface area contributed by atoms with Crippen molar-refractivity contribution < 1.29 is 13.2 Å². The van der Waals surface area contributed by atoms with Gasteiger partial charge in [0.05, 0.1) is 17.0 Å². The van der Waals surface area contributed by atoms with Gasteiger partial charge in [-0.2, -0.15) is 0 Å². The minimum atomic E-state index is -3.02. The van der Waals surface area contributed by atoms with E-state index in [9.17, 15) is 13.2 Å². The SMILES string of the molecule is NC(=O)C1(NCc2ccccc2)CCS(=O)(=O)CC1. The topological polar surface area (TPSA) is 89.3 Å². The van der Waals surface area contributed by atoms with Crippen molar-refractivity contribution in [3.63, 3.8) is 0 Å². The third kappa shape index (κ3) is 3.33. The average Bonchev–Trinajstić information content (AvgIpc) is 2.39. The molecule has 0 unspecified atom stereocenters. The number of hydrogen-bond acceptors (Lipinski definition) is 4. The summed E-state index contributed by atoms with van der Waals surface area (Å²) in [6.07, 6.45) is 0.495. The Morgan fingerprint density at radius 1 is 1.21 bits per heavy atom. The van der Waals surface area contributed by atoms with Crippen molar-refractivity contribution in [2.75, 3.05) is 11.5 Å². The molecule has 0 spiro atoms. The van der Waals surface area contributed by atoms with Gasteiger partial charge in [-0.05, 0) is 18.4 Å². The monoisotopic (exact) mass is 282 g/mol. The fourth-order valence-electron chi connectivity index (χ4n) is 2.26. The summed E-state index contributed by atoms with van der Waals surface area (Å²) in [7, 11) is -3.02. The Morgan fingerprint density at radius 3 is 2.32 bits per heavy atom. The molecule has 6 heteroatoms. The molecule has 19 heavy (non-hydrogen) atoms. The van der Waals surface area contributed by atoms with Crippen LogP contribution in [0, 0.1) is 0 Å². The van der Waals surface area contributed by atoms with Gasteiger partial charge in [-0.3, -0.25) is 10.1 Å². The molecule has 0 aliphatic carbocycles. The largest absolute Gasteiger partial charge is 0.368 e. The van der Waals surface area contributed by atoms with Crippen LogP contribution in [-0.4, -0.2) is 31.4 Å². The molecule has 1 amide bonds. The van der Waals surface area contributed by atoms with Crippen LogP contribution >= 0.6 is 0 Å². The Morgan fingerprint density at radius 2 is 1.79 bits per heavy atom. The Bertz CT molecular complexity index is 541. The second-order valence-corrected chi connectivity index (χ2v) is 7.24. The summed E-state index contributed by atoms with van der Waals surface area (Å²) in [4.78, 5) is 11.7. The normalized spacial score (nSPS) is 20.8. The lowest BCUT2D eigenvalue weighted by atomic mass is 9.91. The van der Waals surface area contributed by atoms with E-state index in [4.69, 9.17) is 5.73 Å². The minimum absolute atomic E-state index is 0.0116. The van der Waals surface area contributed by atoms with Crippen LogP contribution in [0.5, 0.6) is 0 Å². The zero-order valence-corrected chi connectivity index (χ0v) is 11.4. The third-order valence-corrected chi connectivity index (χ3v) is 5.28. The summed E-state index contributed by atoms with van der Waals surface area (Å²) in [6, 6.07) is 9.64. The molecule has 3 N–H and O–H groups in total. The predicted molar refractivity (Wildman–Crippen MR) is 73.1 cm³/mol. The highest BCUT2D eigenvalue weighted by atomic mass is 32.2. The molecule has 2 rings (SSSR count). The molecule has 0 saturated carbocycles. The predicted octanol–water partition coefficient (Wildman–Crippen LogP) is 0.209. The molecule has 104 valence electrons. The van der Waals surface area contributed by atoms with Crippen LogP contribution in [-0.2, 0) is 21.2 Å². The van der Waals surface area contributed by atoms with Crippen molar-refractivity contribution in [1.82, 2.24) is 5.32 Å². The first-order valence-electron chi connectivity index (χ1n) is 6.23. The number of nitrogens with two attached hydrogens (primary N) is 1. The van der Waals surface area contributed by atoms with Crippen LogP contribution in [0.2, 0.25) is 0 Å². The molecule has 0 radical (unpaired) electrons. The Labute approximate surface area is 113 Å². The van der Waals surface area contributed by atoms with E-state index in [-0.39, 0.29) is 24.3 Å². The van der Waals surface area contributed by atoms with Crippen molar-refractivity contribution >= 4 is 15.7 Å². The number of carbonyl (C=O) groups is 1. The van der Waals surface area contributed by atoms with Crippen molar-refractivity contribution in [2.24, 2.45) is 5.73 Å². The number of carbonyl (C=O) groups excluding carboxylic acids is 1. The van der Waals surface area contributed by atoms with Crippen LogP contribution in [0.3, 0.4) is 0 Å². The van der Waals surface area contributed by atoms with Crippen molar-refractivity contribution in [1.29, 1.82) is 0 Å². The summed E-state index contributed by atoms with van der Waals surface area (Å²) in [5, 5.41) is 3.15. The van der Waals surface area contributed by atoms with E-state index in [1.54, 1.807) is 0 Å². The van der Waals surface area contributed by atoms with E-state index in [1.807, 2.05) is 30.3 Å². The van der Waals surface area contributed by atoms with Gasteiger partial charge in [0.15, 0.2) is 0 Å². The summed E-state index contributed by atoms with van der Waals surface area (Å²) in [6.45, 7) is 0.504. The van der Waals surface area contributed by atoms with E-state index in [0.717, 1.165) is 5.56 Å². The fourth-order valence-corrected chi connectivity index (χ4v) is 3.79. The van der Waals surface area contributed by atoms with Crippen LogP contribution in [0.1, 0.15) is 18.4 Å². The number of primary amides is 1. The smallest absolute Gasteiger partial charge is 0.237 e. The molecule has 1 aromatic carbocycles. The molecule has 0 bridgehead atoms. The molecule has 1 fully saturated rings. The quantitative estimate of drug-likeness (QED) is 0.826. The third-order valence-electron chi connectivity index (χ3n) is 3.63. The standard InChI is InChI=1S/C13H18N2O3S/c14-12(16)13(6-8-19(17,18)9-7-13)15-10-11-4-2-1-3-5-11/h1-5,15H,6-10H2,(H2,14,16). The number of benzene rings is 1. The van der Waals surface area contributed by atoms with E-state index in [1.165, 1.54) is 0 Å². The molecular weight excluding hydrogens is 264 g/mol. The van der Waals surface area contributed by atoms with Crippen LogP contribution in [0.15, 0.2) is 30.3 Å². The van der Waals surface area contributed by atoms with E-state index in [0.29, 0.717) is 6.54 Å². The first-order valence-corrected chi connectivity index (χ1v) is 8.05. The van der Waals surface area contributed by atoms with Gasteiger partial charge in [0, 0.05) is 6.54 Å². The highest BCUT2D eigenvalue weighted by Crippen LogP contribution is 2.24. The lowest BCUT2D eigenvalue weighted by Gasteiger charge is -2.35. The van der Waals surface area contributed by atoms with Gasteiger partial charge in [0.25, 0.3) is 0 Å². The van der Waals surface area contributed by atoms with Crippen molar-refractivity contribution in [2.45, 2.75) is 24.9 Å². The molecule has 1 aromatic rings. The summed E-state index contributed by atoms with van der Waals surface area (Å²) < 4.78 is 22.9. The number of amides is 1. The number of sulfone groups is 1. The van der Waals surface area contributed by atoms with Crippen molar-refractivity contribution in [3.8, 4) is 0 Å². The zero-order valence-electron chi connectivity index (χ0n) is 10.6. The zero-order chi connectivity index (χ0) is 13.9. The number of rotatable bonds is 4. The van der Waals surface area contributed by atoms with Crippen LogP contribution in [0.25, 0.3) is 0 Å².